The average Bonchev–Trinajstić information content (AvgIpc) is 2.70. The highest BCUT2D eigenvalue weighted by Gasteiger charge is 2.13. The lowest BCUT2D eigenvalue weighted by Gasteiger charge is -2.05. The van der Waals surface area contributed by atoms with E-state index in [2.05, 4.69) is 36.6 Å². The third kappa shape index (κ3) is 1.48. The fraction of sp³-hybridized carbons (Fsp3) is 0.125. The number of hydrogen-bond donors (Lipinski definition) is 1. The van der Waals surface area contributed by atoms with Crippen LogP contribution in [-0.4, -0.2) is 27.7 Å². The Hall–Kier alpha value is -1.43. The molecule has 0 aliphatic rings. The molecular formula is C8H7BrN4O. The van der Waals surface area contributed by atoms with Crippen LogP contribution in [0.4, 0.5) is 0 Å². The van der Waals surface area contributed by atoms with Gasteiger partial charge in [0.1, 0.15) is 5.75 Å². The lowest BCUT2D eigenvalue weighted by molar-refractivity contribution is 0.416. The van der Waals surface area contributed by atoms with E-state index in [0.717, 1.165) is 10.0 Å². The third-order valence-electron chi connectivity index (χ3n) is 1.76. The van der Waals surface area contributed by atoms with Crippen molar-refractivity contribution in [3.05, 3.63) is 22.7 Å². The minimum Gasteiger partial charge on any atom is -0.496 e. The first kappa shape index (κ1) is 9.14. The minimum absolute atomic E-state index is 0.509. The smallest absolute Gasteiger partial charge is 0.209 e. The minimum atomic E-state index is 0.509. The summed E-state index contributed by atoms with van der Waals surface area (Å²) in [4.78, 5) is 0. The van der Waals surface area contributed by atoms with Gasteiger partial charge in [-0.15, -0.1) is 10.2 Å². The van der Waals surface area contributed by atoms with Crippen LogP contribution in [0.5, 0.6) is 5.75 Å². The van der Waals surface area contributed by atoms with Gasteiger partial charge in [0.05, 0.1) is 12.7 Å². The van der Waals surface area contributed by atoms with Crippen molar-refractivity contribution in [2.45, 2.75) is 0 Å². The van der Waals surface area contributed by atoms with Crippen LogP contribution in [-0.2, 0) is 0 Å². The summed E-state index contributed by atoms with van der Waals surface area (Å²) in [6.45, 7) is 0. The third-order valence-corrected chi connectivity index (χ3v) is 2.43. The lowest BCUT2D eigenvalue weighted by Crippen LogP contribution is -1.90. The standard InChI is InChI=1S/C8H7BrN4O/c1-14-6-4-2-3-5(9)7(6)8-10-12-13-11-8/h2-4H,1H3,(H,10,11,12,13). The maximum atomic E-state index is 5.20. The molecule has 0 spiro atoms. The first-order chi connectivity index (χ1) is 6.83. The molecule has 0 unspecified atom stereocenters. The van der Waals surface area contributed by atoms with E-state index >= 15 is 0 Å². The van der Waals surface area contributed by atoms with Crippen molar-refractivity contribution < 1.29 is 4.74 Å². The number of hydrogen-bond acceptors (Lipinski definition) is 4. The second kappa shape index (κ2) is 3.75. The van der Waals surface area contributed by atoms with Crippen LogP contribution < -0.4 is 4.74 Å². The number of halogens is 1. The van der Waals surface area contributed by atoms with E-state index in [1.54, 1.807) is 7.11 Å². The van der Waals surface area contributed by atoms with E-state index < -0.39 is 0 Å². The van der Waals surface area contributed by atoms with Gasteiger partial charge in [0.15, 0.2) is 0 Å². The van der Waals surface area contributed by atoms with Crippen LogP contribution >= 0.6 is 15.9 Å². The van der Waals surface area contributed by atoms with Gasteiger partial charge in [0, 0.05) is 4.47 Å². The Labute approximate surface area is 88.6 Å². The van der Waals surface area contributed by atoms with Crippen molar-refractivity contribution >= 4 is 15.9 Å². The molecule has 0 amide bonds. The number of benzene rings is 1. The van der Waals surface area contributed by atoms with Gasteiger partial charge < -0.3 is 4.74 Å². The van der Waals surface area contributed by atoms with Crippen molar-refractivity contribution in [2.24, 2.45) is 0 Å². The van der Waals surface area contributed by atoms with Crippen LogP contribution in [0.2, 0.25) is 0 Å². The number of aromatic nitrogens is 4. The van der Waals surface area contributed by atoms with Crippen LogP contribution in [0.1, 0.15) is 0 Å². The first-order valence-corrected chi connectivity index (χ1v) is 4.68. The van der Waals surface area contributed by atoms with Crippen molar-refractivity contribution in [1.82, 2.24) is 20.6 Å². The summed E-state index contributed by atoms with van der Waals surface area (Å²) in [6, 6.07) is 5.62. The predicted octanol–water partition coefficient (Wildman–Crippen LogP) is 1.64. The van der Waals surface area contributed by atoms with E-state index in [4.69, 9.17) is 4.74 Å². The fourth-order valence-corrected chi connectivity index (χ4v) is 1.68. The molecule has 0 bridgehead atoms. The Kier molecular flexibility index (Phi) is 2.45. The second-order valence-electron chi connectivity index (χ2n) is 2.55. The normalized spacial score (nSPS) is 10.1. The zero-order valence-corrected chi connectivity index (χ0v) is 8.95. The van der Waals surface area contributed by atoms with Crippen molar-refractivity contribution in [2.75, 3.05) is 7.11 Å². The number of aromatic amines is 1. The summed E-state index contributed by atoms with van der Waals surface area (Å²) in [5.74, 6) is 1.22. The van der Waals surface area contributed by atoms with E-state index in [1.807, 2.05) is 18.2 Å². The maximum Gasteiger partial charge on any atom is 0.209 e. The van der Waals surface area contributed by atoms with Gasteiger partial charge in [-0.3, -0.25) is 0 Å². The van der Waals surface area contributed by atoms with Gasteiger partial charge in [0.2, 0.25) is 5.82 Å². The number of nitrogens with zero attached hydrogens (tertiary/aromatic N) is 3. The molecule has 0 saturated heterocycles. The number of nitrogens with one attached hydrogen (secondary N) is 1. The Morgan fingerprint density at radius 1 is 1.43 bits per heavy atom. The largest absolute Gasteiger partial charge is 0.496 e. The second-order valence-corrected chi connectivity index (χ2v) is 3.41. The Balaban J connectivity index is 2.61. The number of methoxy groups -OCH3 is 1. The topological polar surface area (TPSA) is 63.7 Å². The molecule has 14 heavy (non-hydrogen) atoms. The van der Waals surface area contributed by atoms with Gasteiger partial charge in [-0.05, 0) is 33.3 Å². The van der Waals surface area contributed by atoms with Gasteiger partial charge in [0.25, 0.3) is 0 Å². The molecule has 0 radical (unpaired) electrons. The zero-order chi connectivity index (χ0) is 9.97. The molecular weight excluding hydrogens is 248 g/mol. The molecule has 2 rings (SSSR count). The summed E-state index contributed by atoms with van der Waals surface area (Å²) < 4.78 is 6.07. The highest BCUT2D eigenvalue weighted by Crippen LogP contribution is 2.33. The van der Waals surface area contributed by atoms with Gasteiger partial charge in [-0.25, -0.2) is 0 Å². The zero-order valence-electron chi connectivity index (χ0n) is 7.36. The fourth-order valence-electron chi connectivity index (χ4n) is 1.16. The lowest BCUT2D eigenvalue weighted by atomic mass is 10.2. The first-order valence-electron chi connectivity index (χ1n) is 3.89. The van der Waals surface area contributed by atoms with Gasteiger partial charge in [-0.2, -0.15) is 5.21 Å². The van der Waals surface area contributed by atoms with E-state index in [0.29, 0.717) is 11.6 Å². The molecule has 72 valence electrons. The number of rotatable bonds is 2. The van der Waals surface area contributed by atoms with Crippen molar-refractivity contribution in [3.63, 3.8) is 0 Å². The van der Waals surface area contributed by atoms with Crippen LogP contribution in [0, 0.1) is 0 Å². The maximum absolute atomic E-state index is 5.20. The molecule has 1 aromatic carbocycles. The molecule has 1 heterocycles. The molecule has 0 saturated carbocycles. The van der Waals surface area contributed by atoms with Gasteiger partial charge >= 0.3 is 0 Å². The molecule has 2 aromatic rings. The monoisotopic (exact) mass is 254 g/mol. The van der Waals surface area contributed by atoms with Crippen LogP contribution in [0.3, 0.4) is 0 Å². The molecule has 1 aromatic heterocycles. The van der Waals surface area contributed by atoms with Crippen LogP contribution in [0.15, 0.2) is 22.7 Å². The highest BCUT2D eigenvalue weighted by molar-refractivity contribution is 9.10. The van der Waals surface area contributed by atoms with Crippen LogP contribution in [0.25, 0.3) is 11.4 Å². The SMILES string of the molecule is COc1cccc(Br)c1-c1nn[nH]n1. The van der Waals surface area contributed by atoms with Gasteiger partial charge in [-0.1, -0.05) is 6.07 Å². The van der Waals surface area contributed by atoms with E-state index in [-0.39, 0.29) is 0 Å². The number of ether oxygens (including phenoxy) is 1. The Morgan fingerprint density at radius 2 is 2.29 bits per heavy atom. The molecule has 0 atom stereocenters. The molecule has 6 heteroatoms. The quantitative estimate of drug-likeness (QED) is 0.885. The highest BCUT2D eigenvalue weighted by atomic mass is 79.9. The van der Waals surface area contributed by atoms with E-state index in [9.17, 15) is 0 Å². The Morgan fingerprint density at radius 3 is 2.93 bits per heavy atom. The summed E-state index contributed by atoms with van der Waals surface area (Å²) in [7, 11) is 1.60. The summed E-state index contributed by atoms with van der Waals surface area (Å²) >= 11 is 3.41. The van der Waals surface area contributed by atoms with Crippen molar-refractivity contribution in [1.29, 1.82) is 0 Å². The Bertz CT molecular complexity index is 429. The molecule has 0 aliphatic carbocycles. The van der Waals surface area contributed by atoms with Crippen molar-refractivity contribution in [3.8, 4) is 17.1 Å². The molecule has 1 N–H and O–H groups in total. The van der Waals surface area contributed by atoms with E-state index in [1.165, 1.54) is 0 Å². The predicted molar refractivity (Wildman–Crippen MR) is 53.9 cm³/mol. The number of tetrazole rings is 1. The summed E-state index contributed by atoms with van der Waals surface area (Å²) in [5.41, 5.74) is 0.795. The average molecular weight is 255 g/mol. The summed E-state index contributed by atoms with van der Waals surface area (Å²) in [6.07, 6.45) is 0. The molecule has 0 fully saturated rings. The molecule has 0 aliphatic heterocycles. The molecule has 5 nitrogen and oxygen atoms in total. The number of H-pyrrole nitrogens is 1. The summed E-state index contributed by atoms with van der Waals surface area (Å²) in [5, 5.41) is 13.7.